The zero-order valence-corrected chi connectivity index (χ0v) is 12.2. The second kappa shape index (κ2) is 7.76. The van der Waals surface area contributed by atoms with E-state index in [0.717, 1.165) is 0 Å². The molecule has 1 fully saturated rings. The minimum atomic E-state index is -2.12. The molecule has 1 aromatic heterocycles. The van der Waals surface area contributed by atoms with Gasteiger partial charge in [0.25, 0.3) is 0 Å². The van der Waals surface area contributed by atoms with Crippen LogP contribution in [-0.2, 0) is 4.74 Å². The van der Waals surface area contributed by atoms with Crippen LogP contribution in [0.25, 0.3) is 0 Å². The Kier molecular flexibility index (Phi) is 6.62. The van der Waals surface area contributed by atoms with E-state index < -0.39 is 32.7 Å². The van der Waals surface area contributed by atoms with E-state index in [9.17, 15) is 9.90 Å². The van der Waals surface area contributed by atoms with Gasteiger partial charge in [-0.1, -0.05) is 0 Å². The summed E-state index contributed by atoms with van der Waals surface area (Å²) in [6.45, 7) is 1.45. The summed E-state index contributed by atoms with van der Waals surface area (Å²) in [5, 5.41) is 18.6. The van der Waals surface area contributed by atoms with Gasteiger partial charge in [0.1, 0.15) is 18.1 Å². The number of hydrogen-bond donors (Lipinski definition) is 6. The summed E-state index contributed by atoms with van der Waals surface area (Å²) in [5.41, 5.74) is 9.94. The predicted octanol–water partition coefficient (Wildman–Crippen LogP) is -2.07. The fraction of sp³-hybridized carbons (Fsp3) is 0.600. The maximum Gasteiger partial charge on any atom is 0.351 e. The first-order valence-corrected chi connectivity index (χ1v) is 7.30. The van der Waals surface area contributed by atoms with Gasteiger partial charge in [-0.3, -0.25) is 10.1 Å². The quantitative estimate of drug-likeness (QED) is 0.334. The van der Waals surface area contributed by atoms with Gasteiger partial charge < -0.3 is 30.5 Å². The number of hydrogen-bond acceptors (Lipinski definition) is 9. The second-order valence-corrected chi connectivity index (χ2v) is 5.07. The molecule has 8 N–H and O–H groups in total. The SMILES string of the molecule is Cc1cn([C@H]2C[C@H](O)[C@@H](CO)O2)c(=O)nc1N.NP(O)O. The van der Waals surface area contributed by atoms with Gasteiger partial charge in [0.15, 0.2) is 0 Å². The number of rotatable bonds is 2. The van der Waals surface area contributed by atoms with E-state index in [1.165, 1.54) is 4.57 Å². The van der Waals surface area contributed by atoms with Gasteiger partial charge in [-0.05, 0) is 6.92 Å². The van der Waals surface area contributed by atoms with Crippen molar-refractivity contribution in [2.24, 2.45) is 5.50 Å². The highest BCUT2D eigenvalue weighted by Crippen LogP contribution is 2.27. The van der Waals surface area contributed by atoms with Gasteiger partial charge >= 0.3 is 5.69 Å². The highest BCUT2D eigenvalue weighted by Gasteiger charge is 2.35. The van der Waals surface area contributed by atoms with Crippen molar-refractivity contribution in [2.45, 2.75) is 31.8 Å². The van der Waals surface area contributed by atoms with Crippen molar-refractivity contribution in [3.8, 4) is 0 Å². The Morgan fingerprint density at radius 2 is 2.14 bits per heavy atom. The monoisotopic (exact) mass is 322 g/mol. The molecule has 1 aliphatic heterocycles. The number of nitrogens with two attached hydrogens (primary N) is 2. The van der Waals surface area contributed by atoms with E-state index >= 15 is 0 Å². The van der Waals surface area contributed by atoms with Crippen LogP contribution in [0.2, 0.25) is 0 Å². The normalized spacial score (nSPS) is 24.8. The average Bonchev–Trinajstić information content (AvgIpc) is 2.74. The zero-order valence-electron chi connectivity index (χ0n) is 11.3. The zero-order chi connectivity index (χ0) is 16.2. The summed E-state index contributed by atoms with van der Waals surface area (Å²) in [5.74, 6) is 0.184. The summed E-state index contributed by atoms with van der Waals surface area (Å²) in [6, 6.07) is 0. The van der Waals surface area contributed by atoms with Gasteiger partial charge in [-0.25, -0.2) is 4.79 Å². The first kappa shape index (κ1) is 17.9. The molecule has 0 radical (unpaired) electrons. The molecule has 1 aromatic rings. The summed E-state index contributed by atoms with van der Waals surface area (Å²) >= 11 is 0. The number of aliphatic hydroxyl groups excluding tert-OH is 2. The third kappa shape index (κ3) is 4.97. The van der Waals surface area contributed by atoms with Crippen LogP contribution >= 0.6 is 8.53 Å². The van der Waals surface area contributed by atoms with Crippen LogP contribution in [0.5, 0.6) is 0 Å². The van der Waals surface area contributed by atoms with Crippen LogP contribution in [0.3, 0.4) is 0 Å². The van der Waals surface area contributed by atoms with Crippen molar-refractivity contribution in [2.75, 3.05) is 12.3 Å². The lowest BCUT2D eigenvalue weighted by molar-refractivity contribution is -0.0459. The van der Waals surface area contributed by atoms with E-state index in [1.54, 1.807) is 13.1 Å². The van der Waals surface area contributed by atoms with Crippen molar-refractivity contribution < 1.29 is 24.7 Å². The number of ether oxygens (including phenoxy) is 1. The molecule has 2 rings (SSSR count). The van der Waals surface area contributed by atoms with Crippen LogP contribution in [0.1, 0.15) is 18.2 Å². The Labute approximate surface area is 121 Å². The molecular weight excluding hydrogens is 303 g/mol. The Morgan fingerprint density at radius 1 is 1.57 bits per heavy atom. The van der Waals surface area contributed by atoms with Crippen LogP contribution in [0.4, 0.5) is 5.82 Å². The van der Waals surface area contributed by atoms with E-state index in [1.807, 2.05) is 0 Å². The molecule has 0 amide bonds. The molecule has 0 unspecified atom stereocenters. The summed E-state index contributed by atoms with van der Waals surface area (Å²) in [6.07, 6.45) is -0.265. The van der Waals surface area contributed by atoms with Crippen molar-refractivity contribution in [3.05, 3.63) is 22.2 Å². The molecule has 1 aliphatic rings. The summed E-state index contributed by atoms with van der Waals surface area (Å²) in [4.78, 5) is 30.2. The third-order valence-corrected chi connectivity index (χ3v) is 2.87. The lowest BCUT2D eigenvalue weighted by Crippen LogP contribution is -2.28. The van der Waals surface area contributed by atoms with Crippen LogP contribution < -0.4 is 16.9 Å². The molecule has 0 bridgehead atoms. The largest absolute Gasteiger partial charge is 0.394 e. The molecule has 0 aliphatic carbocycles. The summed E-state index contributed by atoms with van der Waals surface area (Å²) in [7, 11) is -2.12. The third-order valence-electron chi connectivity index (χ3n) is 2.87. The molecule has 10 nitrogen and oxygen atoms in total. The lowest BCUT2D eigenvalue weighted by atomic mass is 10.2. The highest BCUT2D eigenvalue weighted by molar-refractivity contribution is 7.42. The molecule has 0 aromatic carbocycles. The number of anilines is 1. The van der Waals surface area contributed by atoms with Crippen molar-refractivity contribution in [1.29, 1.82) is 0 Å². The number of aliphatic hydroxyl groups is 2. The van der Waals surface area contributed by atoms with E-state index in [0.29, 0.717) is 5.56 Å². The Morgan fingerprint density at radius 3 is 2.62 bits per heavy atom. The van der Waals surface area contributed by atoms with Crippen LogP contribution in [0, 0.1) is 6.92 Å². The lowest BCUT2D eigenvalue weighted by Gasteiger charge is -2.15. The first-order valence-electron chi connectivity index (χ1n) is 5.98. The molecule has 0 saturated carbocycles. The van der Waals surface area contributed by atoms with Crippen LogP contribution in [-0.4, -0.2) is 48.4 Å². The van der Waals surface area contributed by atoms with Gasteiger partial charge in [0.05, 0.1) is 12.7 Å². The first-order chi connectivity index (χ1) is 9.76. The van der Waals surface area contributed by atoms with E-state index in [-0.39, 0.29) is 18.8 Å². The number of aryl methyl sites for hydroxylation is 1. The molecule has 120 valence electrons. The molecule has 1 saturated heterocycles. The maximum absolute atomic E-state index is 11.6. The highest BCUT2D eigenvalue weighted by atomic mass is 31.2. The Balaban J connectivity index is 0.000000491. The predicted molar refractivity (Wildman–Crippen MR) is 74.8 cm³/mol. The fourth-order valence-electron chi connectivity index (χ4n) is 1.84. The van der Waals surface area contributed by atoms with Crippen molar-refractivity contribution >= 4 is 14.3 Å². The van der Waals surface area contributed by atoms with Crippen molar-refractivity contribution in [3.63, 3.8) is 0 Å². The molecule has 21 heavy (non-hydrogen) atoms. The topological polar surface area (TPSA) is 177 Å². The van der Waals surface area contributed by atoms with Crippen LogP contribution in [0.15, 0.2) is 11.0 Å². The molecular formula is C10H19N4O6P. The Hall–Kier alpha value is -1.13. The second-order valence-electron chi connectivity index (χ2n) is 4.43. The maximum atomic E-state index is 11.6. The fourth-order valence-corrected chi connectivity index (χ4v) is 1.84. The van der Waals surface area contributed by atoms with Gasteiger partial charge in [-0.2, -0.15) is 4.98 Å². The van der Waals surface area contributed by atoms with Gasteiger partial charge in [0.2, 0.25) is 8.53 Å². The molecule has 2 heterocycles. The van der Waals surface area contributed by atoms with Gasteiger partial charge in [0, 0.05) is 18.2 Å². The minimum Gasteiger partial charge on any atom is -0.394 e. The number of aromatic nitrogens is 2. The Bertz CT molecular complexity index is 522. The molecule has 11 heteroatoms. The summed E-state index contributed by atoms with van der Waals surface area (Å²) < 4.78 is 6.65. The molecule has 3 atom stereocenters. The average molecular weight is 322 g/mol. The smallest absolute Gasteiger partial charge is 0.351 e. The number of nitrogen functional groups attached to an aromatic ring is 1. The standard InChI is InChI=1S/C10H15N3O4.H4NO2P/c1-5-3-13(10(16)12-9(5)11)8-2-6(15)7(4-14)17-8;1-4(2)3/h3,6-8,14-15H,2,4H2,1H3,(H2,11,12,16);2-3H,1H2/t6-,7+,8+;/m0./s1. The minimum absolute atomic E-state index is 0.184. The van der Waals surface area contributed by atoms with Crippen molar-refractivity contribution in [1.82, 2.24) is 9.55 Å². The van der Waals surface area contributed by atoms with Gasteiger partial charge in [-0.15, -0.1) is 0 Å². The van der Waals surface area contributed by atoms with E-state index in [2.05, 4.69) is 10.5 Å². The van der Waals surface area contributed by atoms with E-state index in [4.69, 9.17) is 25.4 Å². The molecule has 0 spiro atoms. The number of nitrogens with zero attached hydrogens (tertiary/aromatic N) is 2.